The monoisotopic (exact) mass is 671 g/mol. The van der Waals surface area contributed by atoms with Gasteiger partial charge in [-0.3, -0.25) is 14.2 Å². The van der Waals surface area contributed by atoms with Crippen LogP contribution in [0.5, 0.6) is 5.75 Å². The topological polar surface area (TPSA) is 80.6 Å². The van der Waals surface area contributed by atoms with Crippen LogP contribution in [0.4, 0.5) is 0 Å². The summed E-state index contributed by atoms with van der Waals surface area (Å²) in [6.45, 7) is 3.36. The highest BCUT2D eigenvalue weighted by atomic mass is 35.5. The lowest BCUT2D eigenvalue weighted by atomic mass is 10.1. The van der Waals surface area contributed by atoms with Crippen LogP contribution in [0.3, 0.4) is 0 Å². The summed E-state index contributed by atoms with van der Waals surface area (Å²) in [6, 6.07) is 22.4. The van der Waals surface area contributed by atoms with Crippen LogP contribution in [-0.4, -0.2) is 74.4 Å². The number of halogens is 3. The van der Waals surface area contributed by atoms with E-state index in [0.717, 1.165) is 22.2 Å². The Balaban J connectivity index is 1.13. The Morgan fingerprint density at radius 2 is 1.70 bits per heavy atom. The molecule has 8 nitrogen and oxygen atoms in total. The van der Waals surface area contributed by atoms with E-state index in [4.69, 9.17) is 39.5 Å². The van der Waals surface area contributed by atoms with Crippen molar-refractivity contribution in [2.45, 2.75) is 37.4 Å². The molecule has 0 saturated carbocycles. The summed E-state index contributed by atoms with van der Waals surface area (Å²) < 4.78 is 7.62. The van der Waals surface area contributed by atoms with Crippen molar-refractivity contribution < 1.29 is 14.3 Å². The summed E-state index contributed by atoms with van der Waals surface area (Å²) in [5, 5.41) is 11.2. The molecule has 1 aliphatic rings. The van der Waals surface area contributed by atoms with Crippen molar-refractivity contribution in [1.82, 2.24) is 24.6 Å². The van der Waals surface area contributed by atoms with Gasteiger partial charge in [0.25, 0.3) is 5.91 Å². The van der Waals surface area contributed by atoms with Gasteiger partial charge in [-0.1, -0.05) is 76.9 Å². The second kappa shape index (κ2) is 15.2. The number of amides is 2. The highest BCUT2D eigenvalue weighted by Crippen LogP contribution is 2.29. The molecule has 5 rings (SSSR count). The summed E-state index contributed by atoms with van der Waals surface area (Å²) >= 11 is 20.0. The fourth-order valence-corrected chi connectivity index (χ4v) is 6.36. The minimum atomic E-state index is -0.103. The van der Waals surface area contributed by atoms with Crippen LogP contribution < -0.4 is 4.74 Å². The summed E-state index contributed by atoms with van der Waals surface area (Å²) in [5.74, 6) is 2.04. The Morgan fingerprint density at radius 3 is 2.43 bits per heavy atom. The molecule has 1 unspecified atom stereocenters. The van der Waals surface area contributed by atoms with E-state index in [2.05, 4.69) is 22.3 Å². The minimum Gasteiger partial charge on any atom is -0.484 e. The van der Waals surface area contributed by atoms with Crippen LogP contribution in [0, 0.1) is 0 Å². The maximum Gasteiger partial charge on any atom is 0.260 e. The van der Waals surface area contributed by atoms with Gasteiger partial charge in [-0.2, -0.15) is 0 Å². The Morgan fingerprint density at radius 1 is 0.932 bits per heavy atom. The van der Waals surface area contributed by atoms with Gasteiger partial charge in [-0.25, -0.2) is 0 Å². The molecule has 1 fully saturated rings. The van der Waals surface area contributed by atoms with Gasteiger partial charge in [0.05, 0.1) is 15.7 Å². The number of hydrogen-bond donors (Lipinski definition) is 0. The molecule has 1 aliphatic heterocycles. The van der Waals surface area contributed by atoms with E-state index < -0.39 is 0 Å². The second-order valence-electron chi connectivity index (χ2n) is 10.5. The first-order valence-electron chi connectivity index (χ1n) is 14.3. The zero-order valence-electron chi connectivity index (χ0n) is 24.2. The van der Waals surface area contributed by atoms with Crippen molar-refractivity contribution in [3.05, 3.63) is 99.3 Å². The summed E-state index contributed by atoms with van der Waals surface area (Å²) in [4.78, 5) is 29.5. The summed E-state index contributed by atoms with van der Waals surface area (Å²) in [6.07, 6.45) is 1.69. The molecule has 1 atom stereocenters. The number of carbonyl (C=O) groups excluding carboxylic acids is 2. The standard InChI is InChI=1S/C32H32Cl3N5O3S/c1-22-20-38(15-16-39(22)31(42)21-43-26-12-9-24(33)10-13-26)30(41)8-5-17-44-32-37-36-29(18-23-6-3-2-4-7-23)40(32)25-11-14-27(34)28(35)19-25/h2-4,6-7,9-14,19,22H,5,8,15-18,20-21H2,1H3. The largest absolute Gasteiger partial charge is 0.484 e. The zero-order chi connectivity index (χ0) is 31.1. The van der Waals surface area contributed by atoms with Crippen molar-refractivity contribution in [1.29, 1.82) is 0 Å². The van der Waals surface area contributed by atoms with E-state index in [-0.39, 0.29) is 24.5 Å². The zero-order valence-corrected chi connectivity index (χ0v) is 27.2. The lowest BCUT2D eigenvalue weighted by Gasteiger charge is -2.39. The van der Waals surface area contributed by atoms with Crippen molar-refractivity contribution in [2.24, 2.45) is 0 Å². The van der Waals surface area contributed by atoms with E-state index in [1.54, 1.807) is 47.0 Å². The predicted octanol–water partition coefficient (Wildman–Crippen LogP) is 6.83. The number of piperazine rings is 1. The lowest BCUT2D eigenvalue weighted by Crippen LogP contribution is -2.56. The van der Waals surface area contributed by atoms with Crippen LogP contribution in [0.1, 0.15) is 31.2 Å². The van der Waals surface area contributed by atoms with Crippen LogP contribution in [0.2, 0.25) is 15.1 Å². The number of rotatable bonds is 11. The highest BCUT2D eigenvalue weighted by molar-refractivity contribution is 7.99. The van der Waals surface area contributed by atoms with Crippen molar-refractivity contribution in [3.63, 3.8) is 0 Å². The third-order valence-corrected chi connectivity index (χ3v) is 9.32. The normalized spacial score (nSPS) is 15.0. The summed E-state index contributed by atoms with van der Waals surface area (Å²) in [5.41, 5.74) is 1.95. The molecule has 0 N–H and O–H groups in total. The minimum absolute atomic E-state index is 0.0585. The van der Waals surface area contributed by atoms with Crippen molar-refractivity contribution in [3.8, 4) is 11.4 Å². The van der Waals surface area contributed by atoms with E-state index in [1.807, 2.05) is 46.7 Å². The van der Waals surface area contributed by atoms with Gasteiger partial charge < -0.3 is 14.5 Å². The van der Waals surface area contributed by atoms with Crippen LogP contribution in [-0.2, 0) is 16.0 Å². The molecule has 3 aromatic carbocycles. The quantitative estimate of drug-likeness (QED) is 0.128. The molecule has 1 aromatic heterocycles. The maximum atomic E-state index is 13.1. The van der Waals surface area contributed by atoms with Gasteiger partial charge >= 0.3 is 0 Å². The fourth-order valence-electron chi connectivity index (χ4n) is 5.03. The third-order valence-electron chi connectivity index (χ3n) is 7.31. The summed E-state index contributed by atoms with van der Waals surface area (Å²) in [7, 11) is 0. The number of thioether (sulfide) groups is 1. The number of aromatic nitrogens is 3. The molecule has 4 aromatic rings. The number of hydrogen-bond acceptors (Lipinski definition) is 6. The predicted molar refractivity (Wildman–Crippen MR) is 175 cm³/mol. The molecule has 230 valence electrons. The smallest absolute Gasteiger partial charge is 0.260 e. The van der Waals surface area contributed by atoms with Crippen molar-refractivity contribution in [2.75, 3.05) is 32.0 Å². The second-order valence-corrected chi connectivity index (χ2v) is 12.8. The van der Waals surface area contributed by atoms with E-state index >= 15 is 0 Å². The Hall–Kier alpha value is -3.24. The molecule has 0 spiro atoms. The van der Waals surface area contributed by atoms with Crippen LogP contribution >= 0.6 is 46.6 Å². The Labute approximate surface area is 276 Å². The van der Waals surface area contributed by atoms with Crippen LogP contribution in [0.15, 0.2) is 78.0 Å². The first-order valence-corrected chi connectivity index (χ1v) is 16.4. The molecule has 2 heterocycles. The first-order chi connectivity index (χ1) is 21.3. The van der Waals surface area contributed by atoms with Gasteiger partial charge in [0.15, 0.2) is 11.8 Å². The SMILES string of the molecule is CC1CN(C(=O)CCCSc2nnc(Cc3ccccc3)n2-c2ccc(Cl)c(Cl)c2)CCN1C(=O)COc1ccc(Cl)cc1. The molecule has 0 bridgehead atoms. The molecule has 44 heavy (non-hydrogen) atoms. The Bertz CT molecular complexity index is 1590. The number of nitrogens with zero attached hydrogens (tertiary/aromatic N) is 5. The maximum absolute atomic E-state index is 13.1. The number of carbonyl (C=O) groups is 2. The van der Waals surface area contributed by atoms with E-state index in [9.17, 15) is 9.59 Å². The van der Waals surface area contributed by atoms with Crippen molar-refractivity contribution >= 4 is 58.4 Å². The van der Waals surface area contributed by atoms with Gasteiger partial charge in [-0.15, -0.1) is 10.2 Å². The lowest BCUT2D eigenvalue weighted by molar-refractivity contribution is -0.143. The van der Waals surface area contributed by atoms with E-state index in [0.29, 0.717) is 65.5 Å². The molecule has 0 radical (unpaired) electrons. The molecule has 0 aliphatic carbocycles. The van der Waals surface area contributed by atoms with Gasteiger partial charge in [0.1, 0.15) is 11.6 Å². The molecule has 12 heteroatoms. The Kier molecular flexibility index (Phi) is 11.1. The number of ether oxygens (including phenoxy) is 1. The number of benzene rings is 3. The molecular weight excluding hydrogens is 641 g/mol. The molecule has 1 saturated heterocycles. The fraction of sp³-hybridized carbons (Fsp3) is 0.312. The van der Waals surface area contributed by atoms with E-state index in [1.165, 1.54) is 0 Å². The third kappa shape index (κ3) is 8.27. The van der Waals surface area contributed by atoms with Gasteiger partial charge in [0.2, 0.25) is 5.91 Å². The van der Waals surface area contributed by atoms with Gasteiger partial charge in [-0.05, 0) is 61.4 Å². The average molecular weight is 673 g/mol. The molecule has 2 amide bonds. The van der Waals surface area contributed by atoms with Gasteiger partial charge in [0, 0.05) is 49.3 Å². The first kappa shape index (κ1) is 32.2. The average Bonchev–Trinajstić information content (AvgIpc) is 3.42. The molecular formula is C32H32Cl3N5O3S. The highest BCUT2D eigenvalue weighted by Gasteiger charge is 2.29. The van der Waals surface area contributed by atoms with Crippen LogP contribution in [0.25, 0.3) is 5.69 Å².